The van der Waals surface area contributed by atoms with Crippen LogP contribution in [0.15, 0.2) is 23.4 Å². The van der Waals surface area contributed by atoms with Gasteiger partial charge in [0.1, 0.15) is 13.2 Å². The number of aromatic nitrogens is 3. The van der Waals surface area contributed by atoms with Crippen LogP contribution in [-0.4, -0.2) is 39.7 Å². The SMILES string of the molecule is Nn1c(CCC2CCCCC2)nnc1SCC(=O)Nc1ccc2c(c1)OCCO2. The molecule has 1 saturated carbocycles. The first-order valence-electron chi connectivity index (χ1n) is 10.2. The Kier molecular flexibility index (Phi) is 6.43. The topological polar surface area (TPSA) is 104 Å². The van der Waals surface area contributed by atoms with E-state index in [9.17, 15) is 4.79 Å². The molecular weight excluding hydrogens is 390 g/mol. The monoisotopic (exact) mass is 417 g/mol. The molecule has 1 aromatic carbocycles. The van der Waals surface area contributed by atoms with Gasteiger partial charge in [0.25, 0.3) is 0 Å². The summed E-state index contributed by atoms with van der Waals surface area (Å²) >= 11 is 1.28. The van der Waals surface area contributed by atoms with Gasteiger partial charge in [-0.25, -0.2) is 4.68 Å². The minimum absolute atomic E-state index is 0.140. The lowest BCUT2D eigenvalue weighted by Crippen LogP contribution is -2.18. The molecule has 1 amide bonds. The number of nitrogens with zero attached hydrogens (tertiary/aromatic N) is 3. The third-order valence-corrected chi connectivity index (χ3v) is 6.34. The largest absolute Gasteiger partial charge is 0.486 e. The molecule has 2 aliphatic rings. The van der Waals surface area contributed by atoms with E-state index in [-0.39, 0.29) is 11.7 Å². The number of thioether (sulfide) groups is 1. The van der Waals surface area contributed by atoms with Crippen molar-refractivity contribution >= 4 is 23.4 Å². The van der Waals surface area contributed by atoms with Crippen molar-refractivity contribution < 1.29 is 14.3 Å². The number of nitrogen functional groups attached to an aromatic ring is 1. The maximum absolute atomic E-state index is 12.3. The molecule has 156 valence electrons. The molecule has 0 radical (unpaired) electrons. The zero-order valence-corrected chi connectivity index (χ0v) is 17.2. The van der Waals surface area contributed by atoms with E-state index in [1.807, 2.05) is 0 Å². The maximum Gasteiger partial charge on any atom is 0.234 e. The number of benzene rings is 1. The molecule has 9 heteroatoms. The highest BCUT2D eigenvalue weighted by Gasteiger charge is 2.17. The summed E-state index contributed by atoms with van der Waals surface area (Å²) in [4.78, 5) is 12.3. The Morgan fingerprint density at radius 1 is 1.17 bits per heavy atom. The number of amides is 1. The summed E-state index contributed by atoms with van der Waals surface area (Å²) in [5.41, 5.74) is 0.669. The number of nitrogens with one attached hydrogen (secondary N) is 1. The molecule has 1 fully saturated rings. The van der Waals surface area contributed by atoms with Gasteiger partial charge in [-0.05, 0) is 24.5 Å². The summed E-state index contributed by atoms with van der Waals surface area (Å²) in [6, 6.07) is 5.36. The number of hydrogen-bond donors (Lipinski definition) is 2. The Morgan fingerprint density at radius 3 is 2.79 bits per heavy atom. The minimum atomic E-state index is -0.140. The zero-order chi connectivity index (χ0) is 20.1. The number of carbonyl (C=O) groups is 1. The molecule has 0 spiro atoms. The van der Waals surface area contributed by atoms with Crippen LogP contribution in [0.2, 0.25) is 0 Å². The van der Waals surface area contributed by atoms with E-state index in [0.29, 0.717) is 35.6 Å². The lowest BCUT2D eigenvalue weighted by Gasteiger charge is -2.20. The van der Waals surface area contributed by atoms with E-state index in [2.05, 4.69) is 15.5 Å². The first-order chi connectivity index (χ1) is 14.2. The first-order valence-corrected chi connectivity index (χ1v) is 11.2. The van der Waals surface area contributed by atoms with Crippen LogP contribution in [0.25, 0.3) is 0 Å². The van der Waals surface area contributed by atoms with Gasteiger partial charge in [0, 0.05) is 18.2 Å². The fraction of sp³-hybridized carbons (Fsp3) is 0.550. The van der Waals surface area contributed by atoms with Crippen LogP contribution in [0.3, 0.4) is 0 Å². The predicted molar refractivity (Wildman–Crippen MR) is 112 cm³/mol. The molecule has 1 aliphatic carbocycles. The second-order valence-corrected chi connectivity index (χ2v) is 8.45. The Morgan fingerprint density at radius 2 is 1.97 bits per heavy atom. The van der Waals surface area contributed by atoms with E-state index in [1.165, 1.54) is 48.5 Å². The van der Waals surface area contributed by atoms with E-state index in [4.69, 9.17) is 15.3 Å². The number of hydrogen-bond acceptors (Lipinski definition) is 7. The second kappa shape index (κ2) is 9.39. The summed E-state index contributed by atoms with van der Waals surface area (Å²) in [5, 5.41) is 11.8. The van der Waals surface area contributed by atoms with Gasteiger partial charge in [0.2, 0.25) is 11.1 Å². The van der Waals surface area contributed by atoms with Gasteiger partial charge in [-0.3, -0.25) is 4.79 Å². The quantitative estimate of drug-likeness (QED) is 0.527. The summed E-state index contributed by atoms with van der Waals surface area (Å²) in [6.07, 6.45) is 8.57. The Bertz CT molecular complexity index is 851. The minimum Gasteiger partial charge on any atom is -0.486 e. The van der Waals surface area contributed by atoms with E-state index >= 15 is 0 Å². The molecule has 8 nitrogen and oxygen atoms in total. The standard InChI is InChI=1S/C20H27N5O3S/c21-25-18(9-6-14-4-2-1-3-5-14)23-24-20(25)29-13-19(26)22-15-7-8-16-17(12-15)28-11-10-27-16/h7-8,12,14H,1-6,9-11,13,21H2,(H,22,26). The fourth-order valence-electron chi connectivity index (χ4n) is 3.83. The van der Waals surface area contributed by atoms with Crippen LogP contribution in [-0.2, 0) is 11.2 Å². The number of anilines is 1. The molecule has 0 saturated heterocycles. The van der Waals surface area contributed by atoms with Crippen molar-refractivity contribution in [3.8, 4) is 11.5 Å². The molecule has 1 aromatic heterocycles. The fourth-order valence-corrected chi connectivity index (χ4v) is 4.51. The van der Waals surface area contributed by atoms with Gasteiger partial charge in [0.05, 0.1) is 5.75 Å². The predicted octanol–water partition coefficient (Wildman–Crippen LogP) is 3.01. The number of ether oxygens (including phenoxy) is 2. The van der Waals surface area contributed by atoms with Crippen molar-refractivity contribution in [2.24, 2.45) is 5.92 Å². The molecule has 3 N–H and O–H groups in total. The highest BCUT2D eigenvalue weighted by Crippen LogP contribution is 2.32. The lowest BCUT2D eigenvalue weighted by atomic mass is 9.86. The van der Waals surface area contributed by atoms with E-state index in [0.717, 1.165) is 24.6 Å². The number of aryl methyl sites for hydroxylation is 1. The van der Waals surface area contributed by atoms with Gasteiger partial charge in [-0.2, -0.15) is 0 Å². The molecule has 1 aliphatic heterocycles. The van der Waals surface area contributed by atoms with Crippen molar-refractivity contribution in [2.75, 3.05) is 30.1 Å². The number of rotatable bonds is 7. The van der Waals surface area contributed by atoms with Crippen molar-refractivity contribution in [1.82, 2.24) is 14.9 Å². The van der Waals surface area contributed by atoms with Crippen LogP contribution >= 0.6 is 11.8 Å². The Labute approximate surface area is 174 Å². The Hall–Kier alpha value is -2.42. The molecule has 29 heavy (non-hydrogen) atoms. The van der Waals surface area contributed by atoms with Crippen LogP contribution in [0.5, 0.6) is 11.5 Å². The van der Waals surface area contributed by atoms with Crippen molar-refractivity contribution in [3.63, 3.8) is 0 Å². The number of fused-ring (bicyclic) bond motifs is 1. The van der Waals surface area contributed by atoms with Gasteiger partial charge >= 0.3 is 0 Å². The summed E-state index contributed by atoms with van der Waals surface area (Å²) in [5.74, 6) is 9.10. The molecule has 2 aromatic rings. The van der Waals surface area contributed by atoms with Gasteiger partial charge in [-0.15, -0.1) is 10.2 Å². The molecule has 0 unspecified atom stereocenters. The van der Waals surface area contributed by atoms with Gasteiger partial charge in [0.15, 0.2) is 17.3 Å². The third-order valence-electron chi connectivity index (χ3n) is 5.39. The molecule has 0 atom stereocenters. The van der Waals surface area contributed by atoms with E-state index < -0.39 is 0 Å². The molecular formula is C20H27N5O3S. The van der Waals surface area contributed by atoms with Gasteiger partial charge < -0.3 is 20.6 Å². The zero-order valence-electron chi connectivity index (χ0n) is 16.4. The number of nitrogens with two attached hydrogens (primary N) is 1. The highest BCUT2D eigenvalue weighted by atomic mass is 32.2. The van der Waals surface area contributed by atoms with Crippen LogP contribution in [0.4, 0.5) is 5.69 Å². The maximum atomic E-state index is 12.3. The molecule has 4 rings (SSSR count). The summed E-state index contributed by atoms with van der Waals surface area (Å²) in [7, 11) is 0. The number of carbonyl (C=O) groups excluding carboxylic acids is 1. The van der Waals surface area contributed by atoms with E-state index in [1.54, 1.807) is 18.2 Å². The molecule has 0 bridgehead atoms. The third kappa shape index (κ3) is 5.14. The van der Waals surface area contributed by atoms with Crippen molar-refractivity contribution in [1.29, 1.82) is 0 Å². The average Bonchev–Trinajstić information content (AvgIpc) is 3.11. The average molecular weight is 418 g/mol. The van der Waals surface area contributed by atoms with Crippen LogP contribution in [0, 0.1) is 5.92 Å². The molecule has 2 heterocycles. The van der Waals surface area contributed by atoms with Crippen molar-refractivity contribution in [3.05, 3.63) is 24.0 Å². The Balaban J connectivity index is 1.26. The summed E-state index contributed by atoms with van der Waals surface area (Å²) < 4.78 is 12.5. The van der Waals surface area contributed by atoms with Crippen LogP contribution in [0.1, 0.15) is 44.3 Å². The normalized spacial score (nSPS) is 16.6. The lowest BCUT2D eigenvalue weighted by molar-refractivity contribution is -0.113. The van der Waals surface area contributed by atoms with Crippen molar-refractivity contribution in [2.45, 2.75) is 50.1 Å². The first kappa shape index (κ1) is 19.9. The summed E-state index contributed by atoms with van der Waals surface area (Å²) in [6.45, 7) is 1.05. The second-order valence-electron chi connectivity index (χ2n) is 7.51. The highest BCUT2D eigenvalue weighted by molar-refractivity contribution is 7.99. The van der Waals surface area contributed by atoms with Gasteiger partial charge in [-0.1, -0.05) is 43.9 Å². The smallest absolute Gasteiger partial charge is 0.234 e. The van der Waals surface area contributed by atoms with Crippen LogP contribution < -0.4 is 20.6 Å².